The molecule has 1 heterocycles. The van der Waals surface area contributed by atoms with Gasteiger partial charge in [-0.15, -0.1) is 0 Å². The Kier molecular flexibility index (Phi) is 3.25. The zero-order valence-electron chi connectivity index (χ0n) is 8.32. The Bertz CT molecular complexity index is 273. The lowest BCUT2D eigenvalue weighted by Gasteiger charge is -2.17. The van der Waals surface area contributed by atoms with Gasteiger partial charge >= 0.3 is 0 Å². The highest BCUT2D eigenvalue weighted by Crippen LogP contribution is 2.25. The van der Waals surface area contributed by atoms with Crippen LogP contribution in [0.5, 0.6) is 5.75 Å². The molecule has 1 rings (SSSR count). The molecule has 1 atom stereocenters. The lowest BCUT2D eigenvalue weighted by Crippen LogP contribution is -2.18. The third-order valence-corrected chi connectivity index (χ3v) is 2.05. The molecule has 0 saturated heterocycles. The summed E-state index contributed by atoms with van der Waals surface area (Å²) in [7, 11) is 1.63. The van der Waals surface area contributed by atoms with Crippen LogP contribution in [0.4, 0.5) is 0 Å². The van der Waals surface area contributed by atoms with E-state index in [9.17, 15) is 0 Å². The van der Waals surface area contributed by atoms with Gasteiger partial charge in [0.1, 0.15) is 5.75 Å². The third-order valence-electron chi connectivity index (χ3n) is 2.05. The van der Waals surface area contributed by atoms with E-state index in [1.54, 1.807) is 13.3 Å². The Balaban J connectivity index is 2.98. The molecule has 0 spiro atoms. The van der Waals surface area contributed by atoms with Gasteiger partial charge in [-0.3, -0.25) is 4.98 Å². The summed E-state index contributed by atoms with van der Waals surface area (Å²) in [5.41, 5.74) is 6.81. The van der Waals surface area contributed by atoms with Crippen LogP contribution in [0.15, 0.2) is 18.3 Å². The second-order valence-corrected chi connectivity index (χ2v) is 3.36. The van der Waals surface area contributed by atoms with Crippen molar-refractivity contribution in [3.63, 3.8) is 0 Å². The van der Waals surface area contributed by atoms with Crippen molar-refractivity contribution >= 4 is 0 Å². The highest BCUT2D eigenvalue weighted by Gasteiger charge is 2.15. The molecule has 0 radical (unpaired) electrons. The van der Waals surface area contributed by atoms with Gasteiger partial charge in [0.2, 0.25) is 0 Å². The van der Waals surface area contributed by atoms with Crippen LogP contribution in [0, 0.1) is 5.92 Å². The van der Waals surface area contributed by atoms with Gasteiger partial charge in [-0.2, -0.15) is 0 Å². The van der Waals surface area contributed by atoms with Crippen molar-refractivity contribution in [3.8, 4) is 5.75 Å². The molecular weight excluding hydrogens is 164 g/mol. The van der Waals surface area contributed by atoms with Gasteiger partial charge in [0.25, 0.3) is 0 Å². The van der Waals surface area contributed by atoms with E-state index in [4.69, 9.17) is 10.5 Å². The smallest absolute Gasteiger partial charge is 0.141 e. The summed E-state index contributed by atoms with van der Waals surface area (Å²) in [4.78, 5) is 4.22. The predicted octanol–water partition coefficient (Wildman–Crippen LogP) is 1.75. The molecule has 0 unspecified atom stereocenters. The largest absolute Gasteiger partial charge is 0.495 e. The maximum absolute atomic E-state index is 5.97. The molecule has 0 aliphatic heterocycles. The fraction of sp³-hybridized carbons (Fsp3) is 0.500. The van der Waals surface area contributed by atoms with Crippen LogP contribution in [0.25, 0.3) is 0 Å². The lowest BCUT2D eigenvalue weighted by atomic mass is 10.0. The minimum atomic E-state index is -0.0591. The van der Waals surface area contributed by atoms with Crippen molar-refractivity contribution in [3.05, 3.63) is 24.0 Å². The van der Waals surface area contributed by atoms with Crippen LogP contribution < -0.4 is 10.5 Å². The standard InChI is InChI=1S/C10H16N2O/c1-7(2)9(11)10-8(13-3)5-4-6-12-10/h4-7,9H,11H2,1-3H3/t9-/m0/s1. The van der Waals surface area contributed by atoms with E-state index in [1.807, 2.05) is 12.1 Å². The number of ether oxygens (including phenoxy) is 1. The van der Waals surface area contributed by atoms with E-state index in [0.717, 1.165) is 11.4 Å². The molecule has 0 bridgehead atoms. The van der Waals surface area contributed by atoms with Gasteiger partial charge in [-0.05, 0) is 18.1 Å². The van der Waals surface area contributed by atoms with Crippen LogP contribution in [0.3, 0.4) is 0 Å². The first-order chi connectivity index (χ1) is 6.16. The monoisotopic (exact) mass is 180 g/mol. The molecular formula is C10H16N2O. The Morgan fingerprint density at radius 1 is 1.46 bits per heavy atom. The van der Waals surface area contributed by atoms with Crippen molar-refractivity contribution < 1.29 is 4.74 Å². The fourth-order valence-electron chi connectivity index (χ4n) is 1.14. The van der Waals surface area contributed by atoms with Crippen LogP contribution in [-0.4, -0.2) is 12.1 Å². The van der Waals surface area contributed by atoms with Crippen molar-refractivity contribution in [2.45, 2.75) is 19.9 Å². The lowest BCUT2D eigenvalue weighted by molar-refractivity contribution is 0.391. The number of methoxy groups -OCH3 is 1. The summed E-state index contributed by atoms with van der Waals surface area (Å²) in [5.74, 6) is 1.13. The number of nitrogens with zero attached hydrogens (tertiary/aromatic N) is 1. The van der Waals surface area contributed by atoms with Gasteiger partial charge in [0, 0.05) is 6.20 Å². The molecule has 0 saturated carbocycles. The summed E-state index contributed by atoms with van der Waals surface area (Å²) < 4.78 is 5.17. The van der Waals surface area contributed by atoms with Crippen molar-refractivity contribution in [1.82, 2.24) is 4.98 Å². The Labute approximate surface area is 78.9 Å². The molecule has 0 aliphatic carbocycles. The summed E-state index contributed by atoms with van der Waals surface area (Å²) in [6, 6.07) is 3.66. The van der Waals surface area contributed by atoms with E-state index in [1.165, 1.54) is 0 Å². The van der Waals surface area contributed by atoms with Crippen LogP contribution in [-0.2, 0) is 0 Å². The zero-order valence-corrected chi connectivity index (χ0v) is 8.32. The number of nitrogens with two attached hydrogens (primary N) is 1. The van der Waals surface area contributed by atoms with E-state index in [0.29, 0.717) is 5.92 Å². The molecule has 2 N–H and O–H groups in total. The molecule has 0 aliphatic rings. The molecule has 0 aromatic carbocycles. The van der Waals surface area contributed by atoms with Gasteiger partial charge in [0.15, 0.2) is 0 Å². The van der Waals surface area contributed by atoms with Gasteiger partial charge in [0.05, 0.1) is 18.8 Å². The SMILES string of the molecule is COc1cccnc1[C@@H](N)C(C)C. The summed E-state index contributed by atoms with van der Waals surface area (Å²) in [5, 5.41) is 0. The first kappa shape index (κ1) is 9.99. The second kappa shape index (κ2) is 4.23. The summed E-state index contributed by atoms with van der Waals surface area (Å²) >= 11 is 0. The zero-order chi connectivity index (χ0) is 9.84. The van der Waals surface area contributed by atoms with Gasteiger partial charge in [-0.25, -0.2) is 0 Å². The van der Waals surface area contributed by atoms with Crippen LogP contribution >= 0.6 is 0 Å². The fourth-order valence-corrected chi connectivity index (χ4v) is 1.14. The van der Waals surface area contributed by atoms with E-state index < -0.39 is 0 Å². The highest BCUT2D eigenvalue weighted by molar-refractivity contribution is 5.29. The Hall–Kier alpha value is -1.09. The molecule has 3 heteroatoms. The molecule has 0 fully saturated rings. The molecule has 3 nitrogen and oxygen atoms in total. The normalized spacial score (nSPS) is 13.0. The first-order valence-electron chi connectivity index (χ1n) is 4.41. The number of aromatic nitrogens is 1. The second-order valence-electron chi connectivity index (χ2n) is 3.36. The molecule has 1 aromatic heterocycles. The van der Waals surface area contributed by atoms with Crippen molar-refractivity contribution in [1.29, 1.82) is 0 Å². The van der Waals surface area contributed by atoms with E-state index in [-0.39, 0.29) is 6.04 Å². The number of rotatable bonds is 3. The quantitative estimate of drug-likeness (QED) is 0.770. The minimum absolute atomic E-state index is 0.0591. The minimum Gasteiger partial charge on any atom is -0.495 e. The third kappa shape index (κ3) is 2.18. The molecule has 72 valence electrons. The molecule has 0 amide bonds. The maximum atomic E-state index is 5.97. The van der Waals surface area contributed by atoms with Gasteiger partial charge < -0.3 is 10.5 Å². The maximum Gasteiger partial charge on any atom is 0.141 e. The number of hydrogen-bond donors (Lipinski definition) is 1. The summed E-state index contributed by atoms with van der Waals surface area (Å²) in [6.45, 7) is 4.14. The number of pyridine rings is 1. The first-order valence-corrected chi connectivity index (χ1v) is 4.41. The predicted molar refractivity (Wildman–Crippen MR) is 52.6 cm³/mol. The number of hydrogen-bond acceptors (Lipinski definition) is 3. The average molecular weight is 180 g/mol. The van der Waals surface area contributed by atoms with E-state index >= 15 is 0 Å². The van der Waals surface area contributed by atoms with Crippen molar-refractivity contribution in [2.75, 3.05) is 7.11 Å². The molecule has 1 aromatic rings. The molecule has 13 heavy (non-hydrogen) atoms. The topological polar surface area (TPSA) is 48.1 Å². The van der Waals surface area contributed by atoms with Crippen molar-refractivity contribution in [2.24, 2.45) is 11.7 Å². The van der Waals surface area contributed by atoms with Crippen LogP contribution in [0.1, 0.15) is 25.6 Å². The Morgan fingerprint density at radius 3 is 2.69 bits per heavy atom. The van der Waals surface area contributed by atoms with Crippen LogP contribution in [0.2, 0.25) is 0 Å². The van der Waals surface area contributed by atoms with Gasteiger partial charge in [-0.1, -0.05) is 13.8 Å². The summed E-state index contributed by atoms with van der Waals surface area (Å²) in [6.07, 6.45) is 1.74. The Morgan fingerprint density at radius 2 is 2.15 bits per heavy atom. The average Bonchev–Trinajstić information content (AvgIpc) is 2.16. The van der Waals surface area contributed by atoms with E-state index in [2.05, 4.69) is 18.8 Å². The highest BCUT2D eigenvalue weighted by atomic mass is 16.5.